The molecule has 3 rings (SSSR count). The number of ether oxygens (including phenoxy) is 1. The molecule has 1 fully saturated rings. The second-order valence-corrected chi connectivity index (χ2v) is 6.52. The maximum absolute atomic E-state index is 5.33. The normalized spacial score (nSPS) is 22.6. The van der Waals surface area contributed by atoms with Crippen molar-refractivity contribution in [3.8, 4) is 5.75 Å². The van der Waals surface area contributed by atoms with Crippen LogP contribution in [0.1, 0.15) is 26.0 Å². The topological polar surface area (TPSA) is 25.4 Å². The summed E-state index contributed by atoms with van der Waals surface area (Å²) in [6.07, 6.45) is 1.33. The first-order valence-electron chi connectivity index (χ1n) is 7.77. The second kappa shape index (κ2) is 5.55. The van der Waals surface area contributed by atoms with E-state index in [2.05, 4.69) is 42.8 Å². The van der Waals surface area contributed by atoms with Crippen LogP contribution < -0.4 is 9.64 Å². The van der Waals surface area contributed by atoms with E-state index in [1.165, 1.54) is 17.5 Å². The van der Waals surface area contributed by atoms with Gasteiger partial charge in [0.25, 0.3) is 0 Å². The number of pyridine rings is 1. The minimum Gasteiger partial charge on any atom is -0.497 e. The Hall–Kier alpha value is -1.77. The molecule has 0 saturated carbocycles. The Labute approximate surface area is 126 Å². The fourth-order valence-electron chi connectivity index (χ4n) is 3.57. The van der Waals surface area contributed by atoms with Crippen molar-refractivity contribution >= 4 is 16.6 Å². The summed E-state index contributed by atoms with van der Waals surface area (Å²) in [6.45, 7) is 9.03. The predicted octanol–water partition coefficient (Wildman–Crippen LogP) is 4.03. The zero-order chi connectivity index (χ0) is 15.0. The van der Waals surface area contributed by atoms with Gasteiger partial charge < -0.3 is 9.64 Å². The molecular weight excluding hydrogens is 260 g/mol. The van der Waals surface area contributed by atoms with Crippen LogP contribution in [0.2, 0.25) is 0 Å². The van der Waals surface area contributed by atoms with Gasteiger partial charge >= 0.3 is 0 Å². The highest BCUT2D eigenvalue weighted by atomic mass is 16.5. The molecule has 0 amide bonds. The molecule has 2 unspecified atom stereocenters. The maximum Gasteiger partial charge on any atom is 0.121 e. The lowest BCUT2D eigenvalue weighted by atomic mass is 9.91. The van der Waals surface area contributed by atoms with E-state index in [1.807, 2.05) is 12.1 Å². The van der Waals surface area contributed by atoms with E-state index in [0.717, 1.165) is 41.9 Å². The first kappa shape index (κ1) is 14.2. The third kappa shape index (κ3) is 2.82. The third-order valence-corrected chi connectivity index (χ3v) is 4.33. The van der Waals surface area contributed by atoms with Crippen molar-refractivity contribution in [1.29, 1.82) is 0 Å². The zero-order valence-corrected chi connectivity index (χ0v) is 13.4. The van der Waals surface area contributed by atoms with Crippen molar-refractivity contribution in [2.75, 3.05) is 25.1 Å². The number of rotatable bonds is 2. The van der Waals surface area contributed by atoms with E-state index in [9.17, 15) is 0 Å². The van der Waals surface area contributed by atoms with Gasteiger partial charge in [-0.05, 0) is 43.4 Å². The molecule has 0 spiro atoms. The predicted molar refractivity (Wildman–Crippen MR) is 88.2 cm³/mol. The summed E-state index contributed by atoms with van der Waals surface area (Å²) in [7, 11) is 1.70. The summed E-state index contributed by atoms with van der Waals surface area (Å²) in [5, 5.41) is 1.22. The SMILES string of the molecule is COc1ccc2c(N3CC(C)CC(C)C3)cc(C)nc2c1. The van der Waals surface area contributed by atoms with E-state index in [4.69, 9.17) is 4.74 Å². The molecule has 1 aromatic carbocycles. The standard InChI is InChI=1S/C18H24N2O/c1-12-7-13(2)11-20(10-12)18-8-14(3)19-17-9-15(21-4)5-6-16(17)18/h5-6,8-9,12-13H,7,10-11H2,1-4H3. The van der Waals surface area contributed by atoms with Crippen molar-refractivity contribution in [2.24, 2.45) is 11.8 Å². The van der Waals surface area contributed by atoms with E-state index in [-0.39, 0.29) is 0 Å². The van der Waals surface area contributed by atoms with Crippen LogP contribution in [-0.4, -0.2) is 25.2 Å². The number of anilines is 1. The van der Waals surface area contributed by atoms with Gasteiger partial charge in [0.2, 0.25) is 0 Å². The average Bonchev–Trinajstić information content (AvgIpc) is 2.44. The number of piperidine rings is 1. The molecule has 1 aromatic heterocycles. The van der Waals surface area contributed by atoms with Crippen LogP contribution in [0.4, 0.5) is 5.69 Å². The van der Waals surface area contributed by atoms with Gasteiger partial charge in [-0.15, -0.1) is 0 Å². The summed E-state index contributed by atoms with van der Waals surface area (Å²) in [5.74, 6) is 2.36. The quantitative estimate of drug-likeness (QED) is 0.832. The molecule has 0 aliphatic carbocycles. The Morgan fingerprint density at radius 2 is 1.86 bits per heavy atom. The van der Waals surface area contributed by atoms with Crippen LogP contribution in [0.5, 0.6) is 5.75 Å². The first-order valence-corrected chi connectivity index (χ1v) is 7.77. The van der Waals surface area contributed by atoms with Gasteiger partial charge in [-0.25, -0.2) is 0 Å². The Kier molecular flexibility index (Phi) is 3.75. The Bertz CT molecular complexity index is 643. The largest absolute Gasteiger partial charge is 0.497 e. The molecule has 1 saturated heterocycles. The Morgan fingerprint density at radius 3 is 2.52 bits per heavy atom. The number of benzene rings is 1. The lowest BCUT2D eigenvalue weighted by Gasteiger charge is -2.37. The molecule has 3 nitrogen and oxygen atoms in total. The lowest BCUT2D eigenvalue weighted by Crippen LogP contribution is -2.38. The number of hydrogen-bond acceptors (Lipinski definition) is 3. The van der Waals surface area contributed by atoms with Crippen molar-refractivity contribution in [2.45, 2.75) is 27.2 Å². The van der Waals surface area contributed by atoms with Crippen LogP contribution >= 0.6 is 0 Å². The molecule has 21 heavy (non-hydrogen) atoms. The van der Waals surface area contributed by atoms with Gasteiger partial charge in [0.15, 0.2) is 0 Å². The van der Waals surface area contributed by atoms with Crippen LogP contribution in [0.3, 0.4) is 0 Å². The third-order valence-electron chi connectivity index (χ3n) is 4.33. The summed E-state index contributed by atoms with van der Waals surface area (Å²) in [5.41, 5.74) is 3.41. The molecule has 1 aliphatic heterocycles. The average molecular weight is 284 g/mol. The van der Waals surface area contributed by atoms with E-state index in [1.54, 1.807) is 7.11 Å². The first-order chi connectivity index (χ1) is 10.1. The van der Waals surface area contributed by atoms with Crippen LogP contribution in [0.25, 0.3) is 10.9 Å². The van der Waals surface area contributed by atoms with E-state index in [0.29, 0.717) is 0 Å². The fourth-order valence-corrected chi connectivity index (χ4v) is 3.57. The number of methoxy groups -OCH3 is 1. The van der Waals surface area contributed by atoms with Gasteiger partial charge in [0, 0.05) is 35.9 Å². The Balaban J connectivity index is 2.08. The smallest absolute Gasteiger partial charge is 0.121 e. The molecule has 112 valence electrons. The lowest BCUT2D eigenvalue weighted by molar-refractivity contribution is 0.357. The number of aryl methyl sites for hydroxylation is 1. The van der Waals surface area contributed by atoms with Crippen molar-refractivity contribution < 1.29 is 4.74 Å². The van der Waals surface area contributed by atoms with Crippen LogP contribution in [-0.2, 0) is 0 Å². The maximum atomic E-state index is 5.33. The molecular formula is C18H24N2O. The number of fused-ring (bicyclic) bond motifs is 1. The van der Waals surface area contributed by atoms with Crippen molar-refractivity contribution in [1.82, 2.24) is 4.98 Å². The number of aromatic nitrogens is 1. The molecule has 2 heterocycles. The van der Waals surface area contributed by atoms with Crippen molar-refractivity contribution in [3.05, 3.63) is 30.0 Å². The van der Waals surface area contributed by atoms with Gasteiger partial charge in [-0.2, -0.15) is 0 Å². The van der Waals surface area contributed by atoms with Crippen LogP contribution in [0.15, 0.2) is 24.3 Å². The fraction of sp³-hybridized carbons (Fsp3) is 0.500. The molecule has 3 heteroatoms. The molecule has 2 atom stereocenters. The highest BCUT2D eigenvalue weighted by Gasteiger charge is 2.23. The summed E-state index contributed by atoms with van der Waals surface area (Å²) in [4.78, 5) is 7.20. The second-order valence-electron chi connectivity index (χ2n) is 6.52. The minimum atomic E-state index is 0.746. The van der Waals surface area contributed by atoms with E-state index < -0.39 is 0 Å². The molecule has 1 aliphatic rings. The van der Waals surface area contributed by atoms with E-state index >= 15 is 0 Å². The monoisotopic (exact) mass is 284 g/mol. The number of nitrogens with zero attached hydrogens (tertiary/aromatic N) is 2. The molecule has 0 N–H and O–H groups in total. The van der Waals surface area contributed by atoms with Crippen molar-refractivity contribution in [3.63, 3.8) is 0 Å². The van der Waals surface area contributed by atoms with Gasteiger partial charge in [-0.3, -0.25) is 4.98 Å². The van der Waals surface area contributed by atoms with Crippen LogP contribution in [0, 0.1) is 18.8 Å². The molecule has 2 aromatic rings. The number of hydrogen-bond donors (Lipinski definition) is 0. The summed E-state index contributed by atoms with van der Waals surface area (Å²) in [6, 6.07) is 8.42. The zero-order valence-electron chi connectivity index (χ0n) is 13.4. The highest BCUT2D eigenvalue weighted by molar-refractivity contribution is 5.92. The molecule has 0 radical (unpaired) electrons. The van der Waals surface area contributed by atoms with Gasteiger partial charge in [0.05, 0.1) is 12.6 Å². The van der Waals surface area contributed by atoms with Gasteiger partial charge in [-0.1, -0.05) is 13.8 Å². The Morgan fingerprint density at radius 1 is 1.14 bits per heavy atom. The highest BCUT2D eigenvalue weighted by Crippen LogP contribution is 2.33. The minimum absolute atomic E-state index is 0.746. The summed E-state index contributed by atoms with van der Waals surface area (Å²) < 4.78 is 5.33. The molecule has 0 bridgehead atoms. The summed E-state index contributed by atoms with van der Waals surface area (Å²) >= 11 is 0. The van der Waals surface area contributed by atoms with Gasteiger partial charge in [0.1, 0.15) is 5.75 Å².